The van der Waals surface area contributed by atoms with Crippen molar-refractivity contribution in [2.75, 3.05) is 30.6 Å². The summed E-state index contributed by atoms with van der Waals surface area (Å²) in [6.07, 6.45) is 0. The van der Waals surface area contributed by atoms with Gasteiger partial charge in [0.2, 0.25) is 0 Å². The van der Waals surface area contributed by atoms with Gasteiger partial charge in [-0.1, -0.05) is 0 Å². The predicted molar refractivity (Wildman–Crippen MR) is 60.3 cm³/mol. The molecule has 86 valence electrons. The van der Waals surface area contributed by atoms with E-state index >= 15 is 0 Å². The van der Waals surface area contributed by atoms with Crippen molar-refractivity contribution in [1.29, 1.82) is 0 Å². The number of hydrogen-bond donors (Lipinski definition) is 1. The van der Waals surface area contributed by atoms with Crippen LogP contribution < -0.4 is 15.4 Å². The predicted octanol–water partition coefficient (Wildman–Crippen LogP) is 0.988. The van der Waals surface area contributed by atoms with Crippen LogP contribution in [0.4, 0.5) is 11.4 Å². The van der Waals surface area contributed by atoms with Crippen LogP contribution in [0.1, 0.15) is 6.92 Å². The Morgan fingerprint density at radius 2 is 2.38 bits per heavy atom. The first-order valence-electron chi connectivity index (χ1n) is 5.13. The van der Waals surface area contributed by atoms with Crippen molar-refractivity contribution < 1.29 is 14.3 Å². The molecule has 16 heavy (non-hydrogen) atoms. The van der Waals surface area contributed by atoms with Crippen molar-refractivity contribution in [3.05, 3.63) is 18.2 Å². The molecule has 2 rings (SSSR count). The molecule has 1 amide bonds. The number of carbonyl (C=O) groups is 1. The smallest absolute Gasteiger partial charge is 0.266 e. The molecular formula is C11H14N2O3. The number of carbonyl (C=O) groups excluding carboxylic acids is 1. The second-order valence-electron chi connectivity index (χ2n) is 3.46. The molecule has 0 saturated carbocycles. The highest BCUT2D eigenvalue weighted by Gasteiger charge is 2.25. The number of nitrogens with two attached hydrogens (primary N) is 1. The Balaban J connectivity index is 2.29. The third kappa shape index (κ3) is 1.94. The van der Waals surface area contributed by atoms with Gasteiger partial charge in [0.25, 0.3) is 5.91 Å². The van der Waals surface area contributed by atoms with Crippen molar-refractivity contribution in [1.82, 2.24) is 0 Å². The zero-order chi connectivity index (χ0) is 11.5. The zero-order valence-electron chi connectivity index (χ0n) is 9.10. The van der Waals surface area contributed by atoms with Crippen molar-refractivity contribution in [2.45, 2.75) is 6.92 Å². The molecular weight excluding hydrogens is 208 g/mol. The van der Waals surface area contributed by atoms with Gasteiger partial charge in [0.15, 0.2) is 6.61 Å². The molecule has 0 unspecified atom stereocenters. The number of anilines is 2. The van der Waals surface area contributed by atoms with Crippen molar-refractivity contribution in [3.8, 4) is 5.75 Å². The fourth-order valence-electron chi connectivity index (χ4n) is 1.55. The van der Waals surface area contributed by atoms with E-state index in [-0.39, 0.29) is 19.2 Å². The molecule has 1 aromatic rings. The monoisotopic (exact) mass is 222 g/mol. The molecule has 0 aliphatic carbocycles. The lowest BCUT2D eigenvalue weighted by molar-refractivity contribution is -0.122. The number of rotatable bonds is 3. The zero-order valence-corrected chi connectivity index (χ0v) is 9.10. The molecule has 0 aromatic heterocycles. The summed E-state index contributed by atoms with van der Waals surface area (Å²) in [5, 5.41) is 0. The number of nitrogen functional groups attached to an aromatic ring is 1. The van der Waals surface area contributed by atoms with E-state index in [4.69, 9.17) is 15.2 Å². The van der Waals surface area contributed by atoms with Crippen molar-refractivity contribution in [2.24, 2.45) is 0 Å². The fourth-order valence-corrected chi connectivity index (χ4v) is 1.55. The first-order valence-corrected chi connectivity index (χ1v) is 5.13. The van der Waals surface area contributed by atoms with E-state index in [1.165, 1.54) is 0 Å². The molecule has 0 radical (unpaired) electrons. The van der Waals surface area contributed by atoms with Crippen LogP contribution in [0, 0.1) is 0 Å². The van der Waals surface area contributed by atoms with E-state index in [1.54, 1.807) is 23.1 Å². The summed E-state index contributed by atoms with van der Waals surface area (Å²) in [7, 11) is 0. The summed E-state index contributed by atoms with van der Waals surface area (Å²) >= 11 is 0. The normalized spacial score (nSPS) is 14.6. The number of hydrogen-bond acceptors (Lipinski definition) is 4. The molecule has 0 fully saturated rings. The highest BCUT2D eigenvalue weighted by Crippen LogP contribution is 2.33. The largest absolute Gasteiger partial charge is 0.481 e. The molecule has 1 aliphatic heterocycles. The van der Waals surface area contributed by atoms with Crippen LogP contribution in [0.3, 0.4) is 0 Å². The van der Waals surface area contributed by atoms with Crippen LogP contribution in [-0.4, -0.2) is 25.9 Å². The second kappa shape index (κ2) is 4.40. The second-order valence-corrected chi connectivity index (χ2v) is 3.46. The minimum absolute atomic E-state index is 0.0313. The highest BCUT2D eigenvalue weighted by molar-refractivity contribution is 5.97. The van der Waals surface area contributed by atoms with Crippen molar-refractivity contribution >= 4 is 17.3 Å². The number of benzene rings is 1. The van der Waals surface area contributed by atoms with Crippen molar-refractivity contribution in [3.63, 3.8) is 0 Å². The van der Waals surface area contributed by atoms with Gasteiger partial charge < -0.3 is 15.2 Å². The lowest BCUT2D eigenvalue weighted by atomic mass is 10.2. The topological polar surface area (TPSA) is 64.8 Å². The van der Waals surface area contributed by atoms with Crippen LogP contribution in [0.5, 0.6) is 5.75 Å². The van der Waals surface area contributed by atoms with Gasteiger partial charge in [0.1, 0.15) is 12.5 Å². The summed E-state index contributed by atoms with van der Waals surface area (Å²) in [6, 6.07) is 5.21. The van der Waals surface area contributed by atoms with Gasteiger partial charge in [-0.05, 0) is 19.1 Å². The molecule has 5 heteroatoms. The lowest BCUT2D eigenvalue weighted by Crippen LogP contribution is -2.40. The molecule has 2 N–H and O–H groups in total. The number of fused-ring (bicyclic) bond motifs is 1. The maximum absolute atomic E-state index is 11.6. The Bertz CT molecular complexity index is 406. The van der Waals surface area contributed by atoms with E-state index in [2.05, 4.69) is 0 Å². The van der Waals surface area contributed by atoms with Crippen LogP contribution in [0.2, 0.25) is 0 Å². The Hall–Kier alpha value is -1.75. The Kier molecular flexibility index (Phi) is 2.96. The van der Waals surface area contributed by atoms with E-state index in [1.807, 2.05) is 6.92 Å². The van der Waals surface area contributed by atoms with E-state index in [0.29, 0.717) is 23.7 Å². The summed E-state index contributed by atoms with van der Waals surface area (Å²) in [4.78, 5) is 13.2. The van der Waals surface area contributed by atoms with E-state index in [9.17, 15) is 4.79 Å². The lowest BCUT2D eigenvalue weighted by Gasteiger charge is -2.29. The maximum Gasteiger partial charge on any atom is 0.266 e. The first-order chi connectivity index (χ1) is 7.72. The average molecular weight is 222 g/mol. The number of ether oxygens (including phenoxy) is 2. The molecule has 0 spiro atoms. The molecule has 1 aromatic carbocycles. The minimum Gasteiger partial charge on any atom is -0.481 e. The fraction of sp³-hybridized carbons (Fsp3) is 0.364. The minimum atomic E-state index is -0.106. The Morgan fingerprint density at radius 1 is 1.56 bits per heavy atom. The molecule has 0 saturated heterocycles. The third-order valence-corrected chi connectivity index (χ3v) is 2.35. The summed E-state index contributed by atoms with van der Waals surface area (Å²) in [6.45, 7) is 2.73. The molecule has 5 nitrogen and oxygen atoms in total. The van der Waals surface area contributed by atoms with Gasteiger partial charge in [0, 0.05) is 18.4 Å². The van der Waals surface area contributed by atoms with E-state index in [0.717, 1.165) is 0 Å². The Morgan fingerprint density at radius 3 is 3.12 bits per heavy atom. The summed E-state index contributed by atoms with van der Waals surface area (Å²) in [5.41, 5.74) is 6.97. The van der Waals surface area contributed by atoms with Crippen LogP contribution in [0.15, 0.2) is 18.2 Å². The summed E-state index contributed by atoms with van der Waals surface area (Å²) < 4.78 is 10.5. The van der Waals surface area contributed by atoms with Gasteiger partial charge in [-0.15, -0.1) is 0 Å². The number of amides is 1. The average Bonchev–Trinajstić information content (AvgIpc) is 2.28. The first kappa shape index (κ1) is 10.8. The standard InChI is InChI=1S/C11H14N2O3/c1-2-15-7-13-9-4-3-8(12)5-10(9)16-6-11(13)14/h3-5H,2,6-7,12H2,1H3. The van der Waals surface area contributed by atoms with Gasteiger partial charge in [-0.2, -0.15) is 0 Å². The van der Waals surface area contributed by atoms with E-state index < -0.39 is 0 Å². The number of nitrogens with zero attached hydrogens (tertiary/aromatic N) is 1. The third-order valence-electron chi connectivity index (χ3n) is 2.35. The quantitative estimate of drug-likeness (QED) is 0.774. The summed E-state index contributed by atoms with van der Waals surface area (Å²) in [5.74, 6) is 0.519. The molecule has 0 atom stereocenters. The SMILES string of the molecule is CCOCN1C(=O)COc2cc(N)ccc21. The Labute approximate surface area is 93.7 Å². The van der Waals surface area contributed by atoms with Gasteiger partial charge in [-0.25, -0.2) is 0 Å². The molecule has 0 bridgehead atoms. The maximum atomic E-state index is 11.6. The van der Waals surface area contributed by atoms with Crippen LogP contribution in [0.25, 0.3) is 0 Å². The van der Waals surface area contributed by atoms with Gasteiger partial charge in [-0.3, -0.25) is 9.69 Å². The van der Waals surface area contributed by atoms with Crippen LogP contribution >= 0.6 is 0 Å². The molecule has 1 aliphatic rings. The van der Waals surface area contributed by atoms with Crippen LogP contribution in [-0.2, 0) is 9.53 Å². The van der Waals surface area contributed by atoms with Gasteiger partial charge >= 0.3 is 0 Å². The molecule has 1 heterocycles. The van der Waals surface area contributed by atoms with Gasteiger partial charge in [0.05, 0.1) is 5.69 Å². The highest BCUT2D eigenvalue weighted by atomic mass is 16.5.